The molecule has 6 aliphatic carbocycles. The Morgan fingerprint density at radius 3 is 1.10 bits per heavy atom. The Labute approximate surface area is 408 Å². The number of aryl methyl sites for hydroxylation is 2. The number of rotatable bonds is 8. The molecule has 2 unspecified atom stereocenters. The molecule has 0 N–H and O–H groups in total. The highest BCUT2D eigenvalue weighted by Gasteiger charge is 2.52. The lowest BCUT2D eigenvalue weighted by atomic mass is 9.48. The van der Waals surface area contributed by atoms with E-state index in [1.807, 2.05) is 0 Å². The van der Waals surface area contributed by atoms with Crippen LogP contribution in [0.25, 0.3) is 22.3 Å². The first-order valence-electron chi connectivity index (χ1n) is 25.6. The van der Waals surface area contributed by atoms with Crippen LogP contribution in [0.1, 0.15) is 99.7 Å². The molecule has 0 radical (unpaired) electrons. The molecule has 0 amide bonds. The Morgan fingerprint density at radius 1 is 0.319 bits per heavy atom. The van der Waals surface area contributed by atoms with Crippen molar-refractivity contribution in [1.29, 1.82) is 0 Å². The third-order valence-corrected chi connectivity index (χ3v) is 17.7. The highest BCUT2D eigenvalue weighted by molar-refractivity contribution is 5.92. The first kappa shape index (κ1) is 40.8. The molecule has 9 aromatic carbocycles. The minimum Gasteiger partial charge on any atom is -0.310 e. The molecule has 0 spiro atoms. The van der Waals surface area contributed by atoms with Crippen molar-refractivity contribution in [2.75, 3.05) is 4.90 Å². The van der Waals surface area contributed by atoms with E-state index in [1.165, 1.54) is 122 Å². The van der Waals surface area contributed by atoms with E-state index in [4.69, 9.17) is 0 Å². The molecule has 334 valence electrons. The Balaban J connectivity index is 1.01. The number of fused-ring (bicyclic) bond motifs is 6. The van der Waals surface area contributed by atoms with Crippen molar-refractivity contribution in [2.45, 2.75) is 68.6 Å². The van der Waals surface area contributed by atoms with Crippen molar-refractivity contribution in [1.82, 2.24) is 0 Å². The highest BCUT2D eigenvalue weighted by atomic mass is 15.1. The highest BCUT2D eigenvalue weighted by Crippen LogP contribution is 2.62. The van der Waals surface area contributed by atoms with E-state index >= 15 is 0 Å². The minimum atomic E-state index is -0.515. The normalized spacial score (nSPS) is 24.3. The Kier molecular flexibility index (Phi) is 9.11. The lowest BCUT2D eigenvalue weighted by Gasteiger charge is -2.57. The van der Waals surface area contributed by atoms with Gasteiger partial charge in [0.25, 0.3) is 0 Å². The predicted molar refractivity (Wildman–Crippen MR) is 285 cm³/mol. The molecule has 4 bridgehead atoms. The molecule has 0 aromatic heterocycles. The van der Waals surface area contributed by atoms with Gasteiger partial charge in [0.2, 0.25) is 0 Å². The van der Waals surface area contributed by atoms with Crippen molar-refractivity contribution >= 4 is 17.1 Å². The van der Waals surface area contributed by atoms with Gasteiger partial charge in [-0.3, -0.25) is 0 Å². The maximum atomic E-state index is 2.58. The van der Waals surface area contributed by atoms with Gasteiger partial charge in [0.15, 0.2) is 0 Å². The lowest BCUT2D eigenvalue weighted by Crippen LogP contribution is -2.48. The van der Waals surface area contributed by atoms with Crippen LogP contribution in [-0.2, 0) is 16.2 Å². The molecule has 1 heteroatoms. The fourth-order valence-corrected chi connectivity index (χ4v) is 15.2. The van der Waals surface area contributed by atoms with Gasteiger partial charge in [0, 0.05) is 17.1 Å². The first-order valence-corrected chi connectivity index (χ1v) is 25.6. The van der Waals surface area contributed by atoms with Gasteiger partial charge in [-0.25, -0.2) is 0 Å². The van der Waals surface area contributed by atoms with Gasteiger partial charge in [-0.05, 0) is 184 Å². The van der Waals surface area contributed by atoms with Crippen LogP contribution in [-0.4, -0.2) is 0 Å². The maximum absolute atomic E-state index is 2.58. The van der Waals surface area contributed by atoms with E-state index in [9.17, 15) is 0 Å². The summed E-state index contributed by atoms with van der Waals surface area (Å²) in [5.41, 5.74) is 22.5. The van der Waals surface area contributed by atoms with Crippen LogP contribution in [0.5, 0.6) is 0 Å². The van der Waals surface area contributed by atoms with Gasteiger partial charge in [0.1, 0.15) is 0 Å². The van der Waals surface area contributed by atoms with Crippen molar-refractivity contribution in [3.05, 3.63) is 280 Å². The fourth-order valence-electron chi connectivity index (χ4n) is 15.2. The predicted octanol–water partition coefficient (Wildman–Crippen LogP) is 17.0. The molecule has 6 aliphatic rings. The van der Waals surface area contributed by atoms with Crippen molar-refractivity contribution in [3.63, 3.8) is 0 Å². The molecule has 0 saturated heterocycles. The quantitative estimate of drug-likeness (QED) is 0.147. The van der Waals surface area contributed by atoms with Crippen molar-refractivity contribution < 1.29 is 0 Å². The summed E-state index contributed by atoms with van der Waals surface area (Å²) in [5.74, 6) is 2.70. The van der Waals surface area contributed by atoms with Crippen LogP contribution in [0.15, 0.2) is 218 Å². The third-order valence-electron chi connectivity index (χ3n) is 17.7. The summed E-state index contributed by atoms with van der Waals surface area (Å²) >= 11 is 0. The second kappa shape index (κ2) is 15.4. The average molecular weight is 888 g/mol. The molecule has 1 nitrogen and oxygen atoms in total. The SMILES string of the molecule is Cc1ccc(C2(c3ccccc3)c3ccccc3-c3ccc(N(c4ccc(C56CC7CC(CC(C7)C5)C6)cc4)c4ccc5c(c4)C(c4ccccc4)(c4ccc(C)cc4)c4ccccc4-5)cc32)cc1. The molecule has 9 aromatic rings. The third kappa shape index (κ3) is 5.96. The molecule has 4 fully saturated rings. The number of benzene rings is 9. The van der Waals surface area contributed by atoms with Gasteiger partial charge >= 0.3 is 0 Å². The number of nitrogens with zero attached hydrogens (tertiary/aromatic N) is 1. The smallest absolute Gasteiger partial charge is 0.0714 e. The fraction of sp³-hybridized carbons (Fsp3) is 0.206. The summed E-state index contributed by atoms with van der Waals surface area (Å²) in [7, 11) is 0. The van der Waals surface area contributed by atoms with Crippen molar-refractivity contribution in [2.24, 2.45) is 17.8 Å². The minimum absolute atomic E-state index is 0.323. The molecule has 0 heterocycles. The van der Waals surface area contributed by atoms with E-state index in [-0.39, 0.29) is 0 Å². The van der Waals surface area contributed by atoms with E-state index in [0.29, 0.717) is 5.41 Å². The molecule has 2 atom stereocenters. The zero-order chi connectivity index (χ0) is 45.9. The van der Waals surface area contributed by atoms with Gasteiger partial charge in [-0.15, -0.1) is 0 Å². The Morgan fingerprint density at radius 2 is 0.667 bits per heavy atom. The van der Waals surface area contributed by atoms with Crippen LogP contribution >= 0.6 is 0 Å². The van der Waals surface area contributed by atoms with Crippen LogP contribution in [0.4, 0.5) is 17.1 Å². The number of anilines is 3. The average Bonchev–Trinajstić information content (AvgIpc) is 3.85. The molecular formula is C68H57N. The van der Waals surface area contributed by atoms with Crippen LogP contribution < -0.4 is 4.90 Å². The van der Waals surface area contributed by atoms with Gasteiger partial charge in [-0.1, -0.05) is 193 Å². The zero-order valence-electron chi connectivity index (χ0n) is 39.7. The lowest BCUT2D eigenvalue weighted by molar-refractivity contribution is -0.00518. The molecule has 69 heavy (non-hydrogen) atoms. The molecular weight excluding hydrogens is 831 g/mol. The van der Waals surface area contributed by atoms with Gasteiger partial charge < -0.3 is 4.90 Å². The molecule has 15 rings (SSSR count). The monoisotopic (exact) mass is 887 g/mol. The van der Waals surface area contributed by atoms with Gasteiger partial charge in [-0.2, -0.15) is 0 Å². The van der Waals surface area contributed by atoms with Crippen LogP contribution in [0.3, 0.4) is 0 Å². The first-order chi connectivity index (χ1) is 33.9. The van der Waals surface area contributed by atoms with Gasteiger partial charge in [0.05, 0.1) is 10.8 Å². The molecule has 0 aliphatic heterocycles. The topological polar surface area (TPSA) is 3.24 Å². The summed E-state index contributed by atoms with van der Waals surface area (Å²) in [4.78, 5) is 2.58. The van der Waals surface area contributed by atoms with E-state index < -0.39 is 10.8 Å². The second-order valence-corrected chi connectivity index (χ2v) is 21.6. The van der Waals surface area contributed by atoms with E-state index in [1.54, 1.807) is 5.56 Å². The van der Waals surface area contributed by atoms with E-state index in [0.717, 1.165) is 29.1 Å². The zero-order valence-corrected chi connectivity index (χ0v) is 39.7. The number of hydrogen-bond donors (Lipinski definition) is 0. The summed E-state index contributed by atoms with van der Waals surface area (Å²) in [5, 5.41) is 0. The summed E-state index contributed by atoms with van der Waals surface area (Å²) in [6.45, 7) is 4.39. The van der Waals surface area contributed by atoms with E-state index in [2.05, 4.69) is 237 Å². The second-order valence-electron chi connectivity index (χ2n) is 21.6. The maximum Gasteiger partial charge on any atom is 0.0714 e. The standard InChI is InChI=1S/C68H57N/c1-45-21-25-53(26-22-45)67(51-13-5-3-6-14-51)62-19-11-9-17-58(62)60-35-33-56(40-64(60)67)69(55-31-29-50(30-32-55)66-42-47-37-48(43-66)39-49(38-47)44-66)57-34-36-61-59-18-10-12-20-63(59)68(65(61)41-57,52-15-7-4-8-16-52)54-27-23-46(2)24-28-54/h3-36,40-41,47-49H,37-39,42-44H2,1-2H3. The summed E-state index contributed by atoms with van der Waals surface area (Å²) in [6, 6.07) is 84.1. The summed E-state index contributed by atoms with van der Waals surface area (Å²) < 4.78 is 0. The Bertz CT molecular complexity index is 3200. The largest absolute Gasteiger partial charge is 0.310 e. The molecule has 4 saturated carbocycles. The van der Waals surface area contributed by atoms with Crippen molar-refractivity contribution in [3.8, 4) is 22.3 Å². The van der Waals surface area contributed by atoms with Crippen LogP contribution in [0.2, 0.25) is 0 Å². The Hall–Kier alpha value is -7.22. The summed E-state index contributed by atoms with van der Waals surface area (Å²) in [6.07, 6.45) is 8.45. The number of hydrogen-bond acceptors (Lipinski definition) is 1. The van der Waals surface area contributed by atoms with Crippen LogP contribution in [0, 0.1) is 31.6 Å².